The van der Waals surface area contributed by atoms with Crippen LogP contribution in [0.3, 0.4) is 0 Å². The van der Waals surface area contributed by atoms with E-state index in [2.05, 4.69) is 10.2 Å². The number of carbonyl (C=O) groups excluding carboxylic acids is 3. The number of nitrogens with one attached hydrogen (secondary N) is 1. The number of nitrogens with zero attached hydrogens (tertiary/aromatic N) is 3. The molecule has 39 heavy (non-hydrogen) atoms. The minimum absolute atomic E-state index is 0.156. The molecule has 2 heterocycles. The maximum Gasteiger partial charge on any atom is 0.338 e. The van der Waals surface area contributed by atoms with Gasteiger partial charge in [-0.2, -0.15) is 0 Å². The van der Waals surface area contributed by atoms with Crippen molar-refractivity contribution in [3.63, 3.8) is 0 Å². The van der Waals surface area contributed by atoms with Crippen LogP contribution >= 0.6 is 23.2 Å². The molecule has 1 fully saturated rings. The van der Waals surface area contributed by atoms with Crippen LogP contribution in [0.1, 0.15) is 42.7 Å². The van der Waals surface area contributed by atoms with Crippen molar-refractivity contribution in [3.8, 4) is 0 Å². The molecule has 0 unspecified atom stereocenters. The molecule has 2 atom stereocenters. The van der Waals surface area contributed by atoms with Gasteiger partial charge in [0.1, 0.15) is 5.82 Å². The second-order valence-corrected chi connectivity index (χ2v) is 10.2. The lowest BCUT2D eigenvalue weighted by molar-refractivity contribution is -0.139. The standard InChI is InChI=1S/C28H31Cl2FN4O4/c1-4-34-22(16-33-12-13-35(17(3)15-33)26(36)18-8-6-9-19(31)14-18)23(27(37)39-5-2)25(32-28(34)38)20-10-7-11-21(29)24(20)30/h6-11,14,17,25H,4-5,12-13,15-16H2,1-3H3,(H,32,38)/t17-,25+/m1/s1. The van der Waals surface area contributed by atoms with Gasteiger partial charge in [0.2, 0.25) is 0 Å². The lowest BCUT2D eigenvalue weighted by Crippen LogP contribution is -2.56. The second kappa shape index (κ2) is 12.4. The third-order valence-electron chi connectivity index (χ3n) is 6.96. The van der Waals surface area contributed by atoms with E-state index in [0.717, 1.165) is 0 Å². The van der Waals surface area contributed by atoms with E-state index in [0.29, 0.717) is 48.0 Å². The maximum atomic E-state index is 13.7. The Balaban J connectivity index is 1.66. The van der Waals surface area contributed by atoms with Crippen LogP contribution in [0, 0.1) is 5.82 Å². The Kier molecular flexibility index (Phi) is 9.15. The molecule has 2 aromatic rings. The van der Waals surface area contributed by atoms with Gasteiger partial charge in [-0.25, -0.2) is 14.0 Å². The van der Waals surface area contributed by atoms with Crippen molar-refractivity contribution in [2.75, 3.05) is 39.3 Å². The summed E-state index contributed by atoms with van der Waals surface area (Å²) in [4.78, 5) is 45.0. The average molecular weight is 577 g/mol. The molecule has 8 nitrogen and oxygen atoms in total. The van der Waals surface area contributed by atoms with Crippen molar-refractivity contribution in [2.24, 2.45) is 0 Å². The quantitative estimate of drug-likeness (QED) is 0.475. The fraction of sp³-hybridized carbons (Fsp3) is 0.393. The minimum atomic E-state index is -0.853. The van der Waals surface area contributed by atoms with Crippen LogP contribution in [0.2, 0.25) is 10.0 Å². The highest BCUT2D eigenvalue weighted by Crippen LogP contribution is 2.38. The van der Waals surface area contributed by atoms with Crippen LogP contribution in [0.15, 0.2) is 53.7 Å². The Labute approximate surface area is 237 Å². The number of ether oxygens (including phenoxy) is 1. The van der Waals surface area contributed by atoms with Crippen LogP contribution < -0.4 is 5.32 Å². The van der Waals surface area contributed by atoms with Crippen LogP contribution in [0.4, 0.5) is 9.18 Å². The highest BCUT2D eigenvalue weighted by Gasteiger charge is 2.40. The zero-order valence-electron chi connectivity index (χ0n) is 22.0. The lowest BCUT2D eigenvalue weighted by Gasteiger charge is -2.43. The van der Waals surface area contributed by atoms with Gasteiger partial charge in [0.05, 0.1) is 28.3 Å². The van der Waals surface area contributed by atoms with Gasteiger partial charge in [0, 0.05) is 50.0 Å². The number of hydrogen-bond donors (Lipinski definition) is 1. The number of halogens is 3. The van der Waals surface area contributed by atoms with Crippen molar-refractivity contribution < 1.29 is 23.5 Å². The monoisotopic (exact) mass is 576 g/mol. The molecule has 0 radical (unpaired) electrons. The Hall–Kier alpha value is -3.14. The molecule has 1 N–H and O–H groups in total. The molecule has 0 saturated carbocycles. The van der Waals surface area contributed by atoms with E-state index in [-0.39, 0.29) is 41.7 Å². The Morgan fingerprint density at radius 2 is 1.87 bits per heavy atom. The molecule has 2 aliphatic heterocycles. The Morgan fingerprint density at radius 3 is 2.54 bits per heavy atom. The van der Waals surface area contributed by atoms with Gasteiger partial charge < -0.3 is 15.0 Å². The molecule has 4 rings (SSSR count). The number of piperazine rings is 1. The van der Waals surface area contributed by atoms with E-state index < -0.39 is 17.8 Å². The first-order valence-corrected chi connectivity index (χ1v) is 13.6. The van der Waals surface area contributed by atoms with Crippen molar-refractivity contribution in [1.82, 2.24) is 20.0 Å². The van der Waals surface area contributed by atoms with Crippen LogP contribution in [-0.4, -0.2) is 78.0 Å². The van der Waals surface area contributed by atoms with E-state index >= 15 is 0 Å². The van der Waals surface area contributed by atoms with Crippen molar-refractivity contribution in [2.45, 2.75) is 32.9 Å². The number of urea groups is 1. The number of rotatable bonds is 7. The Morgan fingerprint density at radius 1 is 1.13 bits per heavy atom. The lowest BCUT2D eigenvalue weighted by atomic mass is 9.93. The molecule has 1 saturated heterocycles. The summed E-state index contributed by atoms with van der Waals surface area (Å²) in [5.41, 5.74) is 1.59. The summed E-state index contributed by atoms with van der Waals surface area (Å²) in [6.07, 6.45) is 0. The number of amides is 3. The maximum absolute atomic E-state index is 13.7. The molecule has 0 bridgehead atoms. The predicted octanol–water partition coefficient (Wildman–Crippen LogP) is 4.88. The van der Waals surface area contributed by atoms with Gasteiger partial charge in [-0.15, -0.1) is 0 Å². The number of benzene rings is 2. The zero-order chi connectivity index (χ0) is 28.3. The second-order valence-electron chi connectivity index (χ2n) is 9.44. The van der Waals surface area contributed by atoms with Crippen molar-refractivity contribution in [3.05, 3.63) is 80.7 Å². The molecule has 0 aliphatic carbocycles. The minimum Gasteiger partial charge on any atom is -0.463 e. The van der Waals surface area contributed by atoms with Gasteiger partial charge in [0.25, 0.3) is 5.91 Å². The van der Waals surface area contributed by atoms with E-state index in [4.69, 9.17) is 27.9 Å². The highest BCUT2D eigenvalue weighted by atomic mass is 35.5. The number of carbonyl (C=O) groups is 3. The summed E-state index contributed by atoms with van der Waals surface area (Å²) < 4.78 is 19.1. The third-order valence-corrected chi connectivity index (χ3v) is 7.79. The van der Waals surface area contributed by atoms with Crippen LogP contribution in [0.25, 0.3) is 0 Å². The topological polar surface area (TPSA) is 82.2 Å². The molecule has 3 amide bonds. The highest BCUT2D eigenvalue weighted by molar-refractivity contribution is 6.42. The van der Waals surface area contributed by atoms with Crippen molar-refractivity contribution in [1.29, 1.82) is 0 Å². The summed E-state index contributed by atoms with van der Waals surface area (Å²) in [7, 11) is 0. The fourth-order valence-electron chi connectivity index (χ4n) is 5.11. The van der Waals surface area contributed by atoms with Gasteiger partial charge in [-0.05, 0) is 50.6 Å². The Bertz CT molecular complexity index is 1300. The van der Waals surface area contributed by atoms with E-state index in [1.807, 2.05) is 13.8 Å². The summed E-state index contributed by atoms with van der Waals surface area (Å²) in [5, 5.41) is 3.44. The fourth-order valence-corrected chi connectivity index (χ4v) is 5.53. The predicted molar refractivity (Wildman–Crippen MR) is 147 cm³/mol. The first kappa shape index (κ1) is 28.9. The van der Waals surface area contributed by atoms with Gasteiger partial charge in [-0.1, -0.05) is 41.4 Å². The van der Waals surface area contributed by atoms with Gasteiger partial charge in [0.15, 0.2) is 0 Å². The molecule has 2 aromatic carbocycles. The summed E-state index contributed by atoms with van der Waals surface area (Å²) in [6.45, 7) is 7.61. The van der Waals surface area contributed by atoms with E-state index in [1.165, 1.54) is 23.1 Å². The normalized spacial score (nSPS) is 20.2. The smallest absolute Gasteiger partial charge is 0.338 e. The number of esters is 1. The number of likely N-dealkylation sites (N-methyl/N-ethyl adjacent to an activating group) is 1. The molecule has 0 aromatic heterocycles. The molecule has 208 valence electrons. The average Bonchev–Trinajstić information content (AvgIpc) is 2.90. The van der Waals surface area contributed by atoms with Gasteiger partial charge in [-0.3, -0.25) is 14.6 Å². The molecule has 0 spiro atoms. The SMILES string of the molecule is CCOC(=O)C1=C(CN2CCN(C(=O)c3cccc(F)c3)[C@H](C)C2)N(CC)C(=O)N[C@H]1c1cccc(Cl)c1Cl. The largest absolute Gasteiger partial charge is 0.463 e. The number of hydrogen-bond acceptors (Lipinski definition) is 5. The molecular weight excluding hydrogens is 546 g/mol. The molecular formula is C28H31Cl2FN4O4. The molecule has 11 heteroatoms. The van der Waals surface area contributed by atoms with Gasteiger partial charge >= 0.3 is 12.0 Å². The first-order chi connectivity index (χ1) is 18.7. The summed E-state index contributed by atoms with van der Waals surface area (Å²) in [6, 6.07) is 9.31. The van der Waals surface area contributed by atoms with E-state index in [9.17, 15) is 18.8 Å². The van der Waals surface area contributed by atoms with Crippen LogP contribution in [0.5, 0.6) is 0 Å². The first-order valence-electron chi connectivity index (χ1n) is 12.9. The summed E-state index contributed by atoms with van der Waals surface area (Å²) >= 11 is 12.8. The van der Waals surface area contributed by atoms with E-state index in [1.54, 1.807) is 36.1 Å². The van der Waals surface area contributed by atoms with Crippen LogP contribution in [-0.2, 0) is 9.53 Å². The summed E-state index contributed by atoms with van der Waals surface area (Å²) in [5.74, 6) is -1.26. The zero-order valence-corrected chi connectivity index (χ0v) is 23.6. The molecule has 2 aliphatic rings. The van der Waals surface area contributed by atoms with Crippen molar-refractivity contribution >= 4 is 41.1 Å². The third kappa shape index (κ3) is 6.05.